The maximum Gasteiger partial charge on any atom is 0.159 e. The highest BCUT2D eigenvalue weighted by Crippen LogP contribution is 2.45. The molecule has 0 saturated carbocycles. The zero-order valence-corrected chi connectivity index (χ0v) is 24.1. The van der Waals surface area contributed by atoms with Gasteiger partial charge in [-0.1, -0.05) is 78.9 Å². The molecule has 204 valence electrons. The summed E-state index contributed by atoms with van der Waals surface area (Å²) >= 11 is 1.84. The summed E-state index contributed by atoms with van der Waals surface area (Å²) in [6.07, 6.45) is 4.13. The molecule has 0 saturated heterocycles. The number of thiophene rings is 1. The smallest absolute Gasteiger partial charge is 0.159 e. The van der Waals surface area contributed by atoms with Crippen molar-refractivity contribution in [2.24, 2.45) is 0 Å². The lowest BCUT2D eigenvalue weighted by Crippen LogP contribution is -2.10. The molecule has 6 aromatic carbocycles. The predicted molar refractivity (Wildman–Crippen MR) is 183 cm³/mol. The van der Waals surface area contributed by atoms with Crippen molar-refractivity contribution in [3.8, 4) is 11.1 Å². The summed E-state index contributed by atoms with van der Waals surface area (Å²) in [5, 5.41) is 8.20. The summed E-state index contributed by atoms with van der Waals surface area (Å²) < 4.78 is 9.29. The van der Waals surface area contributed by atoms with E-state index in [1.54, 1.807) is 0 Å². The van der Waals surface area contributed by atoms with Gasteiger partial charge in [-0.05, 0) is 83.1 Å². The van der Waals surface area contributed by atoms with Crippen LogP contribution in [0.3, 0.4) is 0 Å². The molecule has 1 N–H and O–H groups in total. The molecule has 43 heavy (non-hydrogen) atoms. The molecule has 0 aliphatic carbocycles. The first-order valence-electron chi connectivity index (χ1n) is 14.6. The molecule has 0 bridgehead atoms. The molecule has 0 atom stereocenters. The van der Waals surface area contributed by atoms with Gasteiger partial charge in [-0.25, -0.2) is 0 Å². The van der Waals surface area contributed by atoms with Gasteiger partial charge in [0.2, 0.25) is 0 Å². The van der Waals surface area contributed by atoms with E-state index in [1.165, 1.54) is 42.4 Å². The summed E-state index contributed by atoms with van der Waals surface area (Å²) in [7, 11) is 0. The fraction of sp³-hybridized carbons (Fsp3) is 0.0256. The zero-order valence-electron chi connectivity index (χ0n) is 23.2. The number of furan rings is 1. The lowest BCUT2D eigenvalue weighted by atomic mass is 10.0. The molecule has 3 nitrogen and oxygen atoms in total. The van der Waals surface area contributed by atoms with E-state index in [-0.39, 0.29) is 0 Å². The average molecular weight is 571 g/mol. The maximum atomic E-state index is 6.71. The number of anilines is 3. The third-order valence-electron chi connectivity index (χ3n) is 8.51. The van der Waals surface area contributed by atoms with Crippen LogP contribution in [0, 0.1) is 0 Å². The van der Waals surface area contributed by atoms with Gasteiger partial charge in [0.1, 0.15) is 5.58 Å². The summed E-state index contributed by atoms with van der Waals surface area (Å²) in [5.74, 6) is 0. The van der Waals surface area contributed by atoms with E-state index in [0.29, 0.717) is 0 Å². The van der Waals surface area contributed by atoms with Crippen molar-refractivity contribution in [1.82, 2.24) is 5.32 Å². The minimum Gasteiger partial charge on any atom is -0.454 e. The molecule has 1 aliphatic rings. The van der Waals surface area contributed by atoms with E-state index in [2.05, 4.69) is 144 Å². The number of benzene rings is 6. The molecule has 0 radical (unpaired) electrons. The first kappa shape index (κ1) is 24.3. The molecule has 8 aromatic rings. The Morgan fingerprint density at radius 1 is 0.605 bits per heavy atom. The second-order valence-corrected chi connectivity index (χ2v) is 12.1. The first-order valence-corrected chi connectivity index (χ1v) is 15.4. The summed E-state index contributed by atoms with van der Waals surface area (Å²) in [6, 6.07) is 45.8. The van der Waals surface area contributed by atoms with Crippen molar-refractivity contribution < 1.29 is 4.42 Å². The van der Waals surface area contributed by atoms with Crippen LogP contribution in [-0.2, 0) is 6.54 Å². The number of rotatable bonds is 4. The highest BCUT2D eigenvalue weighted by atomic mass is 32.1. The Morgan fingerprint density at radius 3 is 2.28 bits per heavy atom. The summed E-state index contributed by atoms with van der Waals surface area (Å²) in [6.45, 7) is 0.823. The van der Waals surface area contributed by atoms with Crippen LogP contribution in [-0.4, -0.2) is 0 Å². The second-order valence-electron chi connectivity index (χ2n) is 11.0. The van der Waals surface area contributed by atoms with E-state index in [9.17, 15) is 0 Å². The minimum atomic E-state index is 0.823. The van der Waals surface area contributed by atoms with Crippen molar-refractivity contribution in [1.29, 1.82) is 0 Å². The number of nitrogens with one attached hydrogen (secondary N) is 1. The number of hydrogen-bond acceptors (Lipinski definition) is 4. The molecule has 0 fully saturated rings. The Bertz CT molecular complexity index is 2350. The zero-order chi connectivity index (χ0) is 28.3. The summed E-state index contributed by atoms with van der Waals surface area (Å²) in [5.41, 5.74) is 9.89. The Hall–Kier alpha value is -5.32. The van der Waals surface area contributed by atoms with Gasteiger partial charge in [-0.2, -0.15) is 0 Å². The first-order chi connectivity index (χ1) is 21.3. The Kier molecular flexibility index (Phi) is 5.43. The topological polar surface area (TPSA) is 28.4 Å². The van der Waals surface area contributed by atoms with Crippen LogP contribution in [0.5, 0.6) is 0 Å². The van der Waals surface area contributed by atoms with Crippen molar-refractivity contribution in [3.05, 3.63) is 145 Å². The highest BCUT2D eigenvalue weighted by Gasteiger charge is 2.21. The lowest BCUT2D eigenvalue weighted by molar-refractivity contribution is 0.668. The molecule has 0 unspecified atom stereocenters. The van der Waals surface area contributed by atoms with Gasteiger partial charge in [0, 0.05) is 48.9 Å². The van der Waals surface area contributed by atoms with Gasteiger partial charge in [0.05, 0.1) is 5.69 Å². The van der Waals surface area contributed by atoms with Crippen molar-refractivity contribution >= 4 is 76.6 Å². The van der Waals surface area contributed by atoms with Crippen LogP contribution in [0.25, 0.3) is 59.3 Å². The number of fused-ring (bicyclic) bond motifs is 7. The maximum absolute atomic E-state index is 6.71. The Labute approximate surface area is 252 Å². The second kappa shape index (κ2) is 9.62. The van der Waals surface area contributed by atoms with Gasteiger partial charge >= 0.3 is 0 Å². The van der Waals surface area contributed by atoms with Crippen molar-refractivity contribution in [2.45, 2.75) is 6.54 Å². The molecule has 0 amide bonds. The van der Waals surface area contributed by atoms with Gasteiger partial charge in [-0.15, -0.1) is 11.3 Å². The Morgan fingerprint density at radius 2 is 1.37 bits per heavy atom. The van der Waals surface area contributed by atoms with Crippen LogP contribution >= 0.6 is 11.3 Å². The third kappa shape index (κ3) is 3.95. The van der Waals surface area contributed by atoms with Crippen LogP contribution in [0.4, 0.5) is 17.1 Å². The van der Waals surface area contributed by atoms with Crippen LogP contribution in [0.2, 0.25) is 0 Å². The molecule has 9 rings (SSSR count). The average Bonchev–Trinajstić information content (AvgIpc) is 3.62. The van der Waals surface area contributed by atoms with E-state index in [0.717, 1.165) is 45.5 Å². The fourth-order valence-electron chi connectivity index (χ4n) is 6.41. The Balaban J connectivity index is 1.26. The van der Waals surface area contributed by atoms with Crippen molar-refractivity contribution in [2.75, 3.05) is 4.90 Å². The SMILES string of the molecule is C1=Cc2cc3oc4c(N(c5ccc(-c6ccccc6)cc5)c5ccc6c(c5)sc5ccccc56)cccc4c3cc2CN1. The minimum absolute atomic E-state index is 0.823. The van der Waals surface area contributed by atoms with Gasteiger partial charge in [0.25, 0.3) is 0 Å². The lowest BCUT2D eigenvalue weighted by Gasteiger charge is -2.26. The van der Waals surface area contributed by atoms with Gasteiger partial charge in [-0.3, -0.25) is 0 Å². The quantitative estimate of drug-likeness (QED) is 0.228. The third-order valence-corrected chi connectivity index (χ3v) is 9.64. The monoisotopic (exact) mass is 570 g/mol. The van der Waals surface area contributed by atoms with E-state index in [1.807, 2.05) is 17.5 Å². The van der Waals surface area contributed by atoms with Gasteiger partial charge < -0.3 is 14.6 Å². The molecule has 0 spiro atoms. The highest BCUT2D eigenvalue weighted by molar-refractivity contribution is 7.25. The fourth-order valence-corrected chi connectivity index (χ4v) is 7.54. The normalized spacial score (nSPS) is 12.7. The molecule has 4 heteroatoms. The van der Waals surface area contributed by atoms with E-state index >= 15 is 0 Å². The largest absolute Gasteiger partial charge is 0.454 e. The molecule has 3 heterocycles. The molecular weight excluding hydrogens is 545 g/mol. The van der Waals surface area contributed by atoms with Crippen LogP contribution in [0.15, 0.2) is 138 Å². The van der Waals surface area contributed by atoms with Gasteiger partial charge in [0.15, 0.2) is 5.58 Å². The van der Waals surface area contributed by atoms with Crippen LogP contribution < -0.4 is 10.2 Å². The number of hydrogen-bond donors (Lipinski definition) is 1. The van der Waals surface area contributed by atoms with E-state index in [4.69, 9.17) is 4.42 Å². The van der Waals surface area contributed by atoms with Crippen LogP contribution in [0.1, 0.15) is 11.1 Å². The number of para-hydroxylation sites is 1. The predicted octanol–water partition coefficient (Wildman–Crippen LogP) is 11.2. The molecular formula is C39H26N2OS. The molecule has 1 aliphatic heterocycles. The standard InChI is InChI=1S/C39H26N2OS/c1-2-7-25(8-3-1)26-13-15-29(16-14-26)41(30-17-18-32-31-9-4-5-12-37(31)43-38(32)23-30)35-11-6-10-33-34-21-28-24-40-20-19-27(28)22-36(34)42-39(33)35/h1-23,40H,24H2. The summed E-state index contributed by atoms with van der Waals surface area (Å²) in [4.78, 5) is 2.34. The van der Waals surface area contributed by atoms with E-state index < -0.39 is 0 Å². The van der Waals surface area contributed by atoms with Crippen molar-refractivity contribution in [3.63, 3.8) is 0 Å². The molecule has 2 aromatic heterocycles. The number of nitrogens with zero attached hydrogens (tertiary/aromatic N) is 1.